The molecule has 2 N–H and O–H groups in total. The fourth-order valence-electron chi connectivity index (χ4n) is 3.09. The SMILES string of the molecule is COCC(C)n1cnc2c(-c3cnc(N)cn3)nc(N3CCOCC3)nc21. The second-order valence-electron chi connectivity index (χ2n) is 6.43. The monoisotopic (exact) mass is 370 g/mol. The minimum atomic E-state index is 0.0813. The van der Waals surface area contributed by atoms with E-state index in [0.29, 0.717) is 48.5 Å². The van der Waals surface area contributed by atoms with Crippen LogP contribution in [0.3, 0.4) is 0 Å². The summed E-state index contributed by atoms with van der Waals surface area (Å²) < 4.78 is 12.7. The number of nitrogens with two attached hydrogens (primary N) is 1. The zero-order valence-corrected chi connectivity index (χ0v) is 15.4. The quantitative estimate of drug-likeness (QED) is 0.699. The minimum Gasteiger partial charge on any atom is -0.383 e. The van der Waals surface area contributed by atoms with Gasteiger partial charge in [0.05, 0.1) is 44.6 Å². The highest BCUT2D eigenvalue weighted by molar-refractivity contribution is 5.87. The van der Waals surface area contributed by atoms with Gasteiger partial charge in [-0.1, -0.05) is 0 Å². The summed E-state index contributed by atoms with van der Waals surface area (Å²) in [6, 6.07) is 0.0813. The van der Waals surface area contributed by atoms with Gasteiger partial charge in [-0.05, 0) is 6.92 Å². The molecular weight excluding hydrogens is 348 g/mol. The summed E-state index contributed by atoms with van der Waals surface area (Å²) in [7, 11) is 1.68. The molecule has 3 aromatic rings. The van der Waals surface area contributed by atoms with Crippen LogP contribution in [-0.4, -0.2) is 69.5 Å². The Morgan fingerprint density at radius 2 is 2.00 bits per heavy atom. The molecule has 10 heteroatoms. The first-order chi connectivity index (χ1) is 13.2. The molecular formula is C17H22N8O2. The molecule has 4 heterocycles. The van der Waals surface area contributed by atoms with E-state index >= 15 is 0 Å². The van der Waals surface area contributed by atoms with Crippen molar-refractivity contribution in [1.29, 1.82) is 0 Å². The largest absolute Gasteiger partial charge is 0.383 e. The molecule has 0 aliphatic carbocycles. The van der Waals surface area contributed by atoms with Crippen molar-refractivity contribution in [2.24, 2.45) is 0 Å². The number of hydrogen-bond donors (Lipinski definition) is 1. The highest BCUT2D eigenvalue weighted by atomic mass is 16.5. The third-order valence-electron chi connectivity index (χ3n) is 4.50. The Hall–Kier alpha value is -2.85. The van der Waals surface area contributed by atoms with E-state index in [4.69, 9.17) is 25.2 Å². The molecule has 27 heavy (non-hydrogen) atoms. The van der Waals surface area contributed by atoms with Crippen molar-refractivity contribution >= 4 is 22.9 Å². The van der Waals surface area contributed by atoms with Gasteiger partial charge in [0.2, 0.25) is 5.95 Å². The average Bonchev–Trinajstić information content (AvgIpc) is 3.13. The van der Waals surface area contributed by atoms with Crippen LogP contribution in [0.5, 0.6) is 0 Å². The second kappa shape index (κ2) is 7.41. The molecule has 142 valence electrons. The molecule has 0 spiro atoms. The standard InChI is InChI=1S/C17H22N8O2/c1-11(9-26-2)25-10-21-15-14(12-7-20-13(18)8-19-12)22-17(23-16(15)25)24-3-5-27-6-4-24/h7-8,10-11H,3-6,9H2,1-2H3,(H2,18,20). The fraction of sp³-hybridized carbons (Fsp3) is 0.471. The summed E-state index contributed by atoms with van der Waals surface area (Å²) in [5.74, 6) is 0.988. The lowest BCUT2D eigenvalue weighted by atomic mass is 10.2. The van der Waals surface area contributed by atoms with Crippen LogP contribution in [0.4, 0.5) is 11.8 Å². The van der Waals surface area contributed by atoms with E-state index in [9.17, 15) is 0 Å². The lowest BCUT2D eigenvalue weighted by Gasteiger charge is -2.27. The third-order valence-corrected chi connectivity index (χ3v) is 4.50. The zero-order chi connectivity index (χ0) is 18.8. The van der Waals surface area contributed by atoms with Gasteiger partial charge in [-0.25, -0.2) is 19.9 Å². The lowest BCUT2D eigenvalue weighted by molar-refractivity contribution is 0.122. The van der Waals surface area contributed by atoms with Gasteiger partial charge in [-0.2, -0.15) is 4.98 Å². The Balaban J connectivity index is 1.87. The van der Waals surface area contributed by atoms with Gasteiger partial charge < -0.3 is 24.7 Å². The Kier molecular flexibility index (Phi) is 4.82. The summed E-state index contributed by atoms with van der Waals surface area (Å²) in [6.45, 7) is 5.39. The van der Waals surface area contributed by atoms with Crippen molar-refractivity contribution in [3.8, 4) is 11.4 Å². The van der Waals surface area contributed by atoms with Crippen LogP contribution in [0.15, 0.2) is 18.7 Å². The summed E-state index contributed by atoms with van der Waals surface area (Å²) in [5, 5.41) is 0. The van der Waals surface area contributed by atoms with Gasteiger partial charge in [0, 0.05) is 20.2 Å². The van der Waals surface area contributed by atoms with Gasteiger partial charge >= 0.3 is 0 Å². The average molecular weight is 370 g/mol. The van der Waals surface area contributed by atoms with E-state index in [-0.39, 0.29) is 6.04 Å². The molecule has 1 aliphatic heterocycles. The highest BCUT2D eigenvalue weighted by Gasteiger charge is 2.22. The van der Waals surface area contributed by atoms with Crippen molar-refractivity contribution in [2.45, 2.75) is 13.0 Å². The minimum absolute atomic E-state index is 0.0813. The molecule has 0 saturated carbocycles. The number of rotatable bonds is 5. The molecule has 0 amide bonds. The van der Waals surface area contributed by atoms with Crippen LogP contribution >= 0.6 is 0 Å². The van der Waals surface area contributed by atoms with E-state index in [1.807, 2.05) is 4.57 Å². The summed E-state index contributed by atoms with van der Waals surface area (Å²) in [4.78, 5) is 24.7. The number of imidazole rings is 1. The number of aromatic nitrogens is 6. The number of morpholine rings is 1. The van der Waals surface area contributed by atoms with Crippen LogP contribution in [0.1, 0.15) is 13.0 Å². The van der Waals surface area contributed by atoms with Crippen molar-refractivity contribution in [2.75, 3.05) is 50.7 Å². The Morgan fingerprint density at radius 3 is 2.70 bits per heavy atom. The molecule has 1 fully saturated rings. The van der Waals surface area contributed by atoms with Gasteiger partial charge in [-0.3, -0.25) is 0 Å². The molecule has 1 atom stereocenters. The maximum Gasteiger partial charge on any atom is 0.228 e. The molecule has 1 saturated heterocycles. The van der Waals surface area contributed by atoms with Crippen molar-refractivity contribution in [3.63, 3.8) is 0 Å². The van der Waals surface area contributed by atoms with Crippen molar-refractivity contribution in [3.05, 3.63) is 18.7 Å². The molecule has 1 aliphatic rings. The first-order valence-corrected chi connectivity index (χ1v) is 8.81. The predicted molar refractivity (Wildman–Crippen MR) is 100 cm³/mol. The van der Waals surface area contributed by atoms with E-state index in [0.717, 1.165) is 18.7 Å². The maximum atomic E-state index is 5.68. The summed E-state index contributed by atoms with van der Waals surface area (Å²) in [6.07, 6.45) is 4.89. The van der Waals surface area contributed by atoms with E-state index in [2.05, 4.69) is 26.8 Å². The Morgan fingerprint density at radius 1 is 1.19 bits per heavy atom. The number of nitrogen functional groups attached to an aromatic ring is 1. The normalized spacial score (nSPS) is 16.0. The third kappa shape index (κ3) is 3.40. The van der Waals surface area contributed by atoms with Gasteiger partial charge in [0.25, 0.3) is 0 Å². The van der Waals surface area contributed by atoms with E-state index in [1.54, 1.807) is 19.6 Å². The molecule has 0 bridgehead atoms. The number of anilines is 2. The molecule has 3 aromatic heterocycles. The number of ether oxygens (including phenoxy) is 2. The molecule has 0 radical (unpaired) electrons. The molecule has 0 aromatic carbocycles. The van der Waals surface area contributed by atoms with Crippen LogP contribution in [0, 0.1) is 0 Å². The maximum absolute atomic E-state index is 5.68. The molecule has 10 nitrogen and oxygen atoms in total. The first kappa shape index (κ1) is 17.6. The molecule has 4 rings (SSSR count). The number of fused-ring (bicyclic) bond motifs is 1. The lowest BCUT2D eigenvalue weighted by Crippen LogP contribution is -2.37. The first-order valence-electron chi connectivity index (χ1n) is 8.81. The Bertz CT molecular complexity index is 921. The number of nitrogens with zero attached hydrogens (tertiary/aromatic N) is 7. The second-order valence-corrected chi connectivity index (χ2v) is 6.43. The van der Waals surface area contributed by atoms with Crippen LogP contribution in [-0.2, 0) is 9.47 Å². The van der Waals surface area contributed by atoms with Gasteiger partial charge in [0.15, 0.2) is 5.65 Å². The topological polar surface area (TPSA) is 117 Å². The van der Waals surface area contributed by atoms with Crippen LogP contribution in [0.25, 0.3) is 22.6 Å². The number of methoxy groups -OCH3 is 1. The highest BCUT2D eigenvalue weighted by Crippen LogP contribution is 2.28. The van der Waals surface area contributed by atoms with Crippen LogP contribution in [0.2, 0.25) is 0 Å². The summed E-state index contributed by atoms with van der Waals surface area (Å²) in [5.41, 5.74) is 8.34. The van der Waals surface area contributed by atoms with Crippen LogP contribution < -0.4 is 10.6 Å². The van der Waals surface area contributed by atoms with Crippen molar-refractivity contribution < 1.29 is 9.47 Å². The Labute approximate surface area is 156 Å². The number of hydrogen-bond acceptors (Lipinski definition) is 9. The predicted octanol–water partition coefficient (Wildman–Crippen LogP) is 0.910. The smallest absolute Gasteiger partial charge is 0.228 e. The van der Waals surface area contributed by atoms with E-state index < -0.39 is 0 Å². The summed E-state index contributed by atoms with van der Waals surface area (Å²) >= 11 is 0. The van der Waals surface area contributed by atoms with Gasteiger partial charge in [-0.15, -0.1) is 0 Å². The molecule has 1 unspecified atom stereocenters. The fourth-order valence-corrected chi connectivity index (χ4v) is 3.09. The van der Waals surface area contributed by atoms with Gasteiger partial charge in [0.1, 0.15) is 22.7 Å². The zero-order valence-electron chi connectivity index (χ0n) is 15.4. The van der Waals surface area contributed by atoms with E-state index in [1.165, 1.54) is 6.20 Å². The van der Waals surface area contributed by atoms with Crippen molar-refractivity contribution in [1.82, 2.24) is 29.5 Å².